The number of hydrogen-bond acceptors (Lipinski definition) is 5. The molecule has 7 heteroatoms. The Morgan fingerprint density at radius 3 is 2.67 bits per heavy atom. The summed E-state index contributed by atoms with van der Waals surface area (Å²) in [6.45, 7) is 7.17. The first-order valence-corrected chi connectivity index (χ1v) is 8.70. The number of ether oxygens (including phenoxy) is 1. The Balaban J connectivity index is 2.46. The predicted octanol–water partition coefficient (Wildman–Crippen LogP) is 1.79. The molecule has 1 rings (SSSR count). The van der Waals surface area contributed by atoms with Crippen LogP contribution in [0.5, 0.6) is 0 Å². The molecule has 0 radical (unpaired) electrons. The van der Waals surface area contributed by atoms with Gasteiger partial charge in [0.05, 0.1) is 12.6 Å². The third-order valence-electron chi connectivity index (χ3n) is 2.88. The highest BCUT2D eigenvalue weighted by molar-refractivity contribution is 7.89. The van der Waals surface area contributed by atoms with Gasteiger partial charge in [-0.2, -0.15) is 0 Å². The van der Waals surface area contributed by atoms with Crippen molar-refractivity contribution < 1.29 is 17.6 Å². The topological polar surface area (TPSA) is 80.6 Å². The van der Waals surface area contributed by atoms with Crippen LogP contribution < -0.4 is 10.0 Å². The van der Waals surface area contributed by atoms with Gasteiger partial charge < -0.3 is 14.5 Å². The lowest BCUT2D eigenvalue weighted by Gasteiger charge is -2.08. The lowest BCUT2D eigenvalue weighted by Crippen LogP contribution is -2.25. The second-order valence-electron chi connectivity index (χ2n) is 5.19. The van der Waals surface area contributed by atoms with Crippen molar-refractivity contribution in [2.75, 3.05) is 20.2 Å². The van der Waals surface area contributed by atoms with Gasteiger partial charge in [0.15, 0.2) is 0 Å². The van der Waals surface area contributed by atoms with Crippen LogP contribution in [0.15, 0.2) is 15.4 Å². The summed E-state index contributed by atoms with van der Waals surface area (Å²) in [7, 11) is -1.72. The average molecular weight is 318 g/mol. The summed E-state index contributed by atoms with van der Waals surface area (Å²) in [5, 5.41) is 2.93. The summed E-state index contributed by atoms with van der Waals surface area (Å²) >= 11 is 0. The van der Waals surface area contributed by atoms with Gasteiger partial charge in [-0.05, 0) is 40.7 Å². The molecule has 0 fully saturated rings. The van der Waals surface area contributed by atoms with E-state index < -0.39 is 10.0 Å². The summed E-state index contributed by atoms with van der Waals surface area (Å²) < 4.78 is 37.8. The smallest absolute Gasteiger partial charge is 0.244 e. The van der Waals surface area contributed by atoms with Gasteiger partial charge in [0.1, 0.15) is 16.4 Å². The number of sulfonamides is 1. The van der Waals surface area contributed by atoms with Crippen LogP contribution in [-0.4, -0.2) is 34.7 Å². The Labute approximate surface area is 127 Å². The summed E-state index contributed by atoms with van der Waals surface area (Å²) in [5.41, 5.74) is 0. The van der Waals surface area contributed by atoms with Gasteiger partial charge in [0.2, 0.25) is 10.0 Å². The first-order chi connectivity index (χ1) is 9.86. The lowest BCUT2D eigenvalue weighted by molar-refractivity contribution is 0.0762. The van der Waals surface area contributed by atoms with E-state index in [-0.39, 0.29) is 11.0 Å². The number of rotatable bonds is 10. The third-order valence-corrected chi connectivity index (χ3v) is 4.45. The number of unbranched alkanes of at least 4 members (excludes halogenated alkanes) is 1. The molecule has 0 amide bonds. The van der Waals surface area contributed by atoms with E-state index in [0.717, 1.165) is 12.8 Å². The van der Waals surface area contributed by atoms with Gasteiger partial charge in [-0.25, -0.2) is 13.1 Å². The van der Waals surface area contributed by atoms with Crippen molar-refractivity contribution >= 4 is 10.0 Å². The van der Waals surface area contributed by atoms with Crippen LogP contribution in [0.1, 0.15) is 38.2 Å². The predicted molar refractivity (Wildman–Crippen MR) is 81.7 cm³/mol. The SMILES string of the molecule is CNCc1cc(S(=O)(=O)NCCCCOC(C)C)c(C)o1. The Kier molecular flexibility index (Phi) is 7.37. The molecule has 2 N–H and O–H groups in total. The highest BCUT2D eigenvalue weighted by atomic mass is 32.2. The molecular weight excluding hydrogens is 292 g/mol. The molecule has 0 aliphatic heterocycles. The molecule has 0 atom stereocenters. The molecule has 1 aromatic heterocycles. The fraction of sp³-hybridized carbons (Fsp3) is 0.714. The average Bonchev–Trinajstić information content (AvgIpc) is 2.75. The number of nitrogens with one attached hydrogen (secondary N) is 2. The maximum atomic E-state index is 12.2. The Morgan fingerprint density at radius 1 is 1.33 bits per heavy atom. The molecule has 1 aromatic rings. The molecule has 0 saturated heterocycles. The van der Waals surface area contributed by atoms with Crippen LogP contribution in [-0.2, 0) is 21.3 Å². The molecule has 0 unspecified atom stereocenters. The molecule has 21 heavy (non-hydrogen) atoms. The Hall–Kier alpha value is -0.890. The van der Waals surface area contributed by atoms with E-state index in [1.54, 1.807) is 20.0 Å². The van der Waals surface area contributed by atoms with Crippen molar-refractivity contribution in [3.63, 3.8) is 0 Å². The van der Waals surface area contributed by atoms with E-state index >= 15 is 0 Å². The zero-order chi connectivity index (χ0) is 15.9. The van der Waals surface area contributed by atoms with E-state index in [4.69, 9.17) is 9.15 Å². The van der Waals surface area contributed by atoms with Gasteiger partial charge in [-0.15, -0.1) is 0 Å². The minimum atomic E-state index is -3.50. The van der Waals surface area contributed by atoms with E-state index in [1.807, 2.05) is 13.8 Å². The molecule has 0 spiro atoms. The highest BCUT2D eigenvalue weighted by Crippen LogP contribution is 2.19. The number of furan rings is 1. The largest absolute Gasteiger partial charge is 0.464 e. The van der Waals surface area contributed by atoms with Crippen molar-refractivity contribution in [3.05, 3.63) is 17.6 Å². The first kappa shape index (κ1) is 18.2. The molecular formula is C14H26N2O4S. The monoisotopic (exact) mass is 318 g/mol. The van der Waals surface area contributed by atoms with Crippen molar-refractivity contribution in [1.82, 2.24) is 10.0 Å². The summed E-state index contributed by atoms with van der Waals surface area (Å²) in [5.74, 6) is 1.02. The second-order valence-corrected chi connectivity index (χ2v) is 6.92. The maximum absolute atomic E-state index is 12.2. The lowest BCUT2D eigenvalue weighted by atomic mass is 10.3. The van der Waals surface area contributed by atoms with E-state index in [9.17, 15) is 8.42 Å². The third kappa shape index (κ3) is 6.17. The maximum Gasteiger partial charge on any atom is 0.244 e. The van der Waals surface area contributed by atoms with Gasteiger partial charge in [0, 0.05) is 19.2 Å². The standard InChI is InChI=1S/C14H26N2O4S/c1-11(2)19-8-6-5-7-16-21(17,18)14-9-13(10-15-4)20-12(14)3/h9,11,15-16H,5-8,10H2,1-4H3. The molecule has 122 valence electrons. The first-order valence-electron chi connectivity index (χ1n) is 7.22. The van der Waals surface area contributed by atoms with Crippen LogP contribution in [0.4, 0.5) is 0 Å². The van der Waals surface area contributed by atoms with Crippen molar-refractivity contribution in [3.8, 4) is 0 Å². The van der Waals surface area contributed by atoms with Crippen LogP contribution >= 0.6 is 0 Å². The summed E-state index contributed by atoms with van der Waals surface area (Å²) in [4.78, 5) is 0.214. The zero-order valence-corrected chi connectivity index (χ0v) is 14.0. The van der Waals surface area contributed by atoms with E-state index in [1.165, 1.54) is 0 Å². The van der Waals surface area contributed by atoms with E-state index in [0.29, 0.717) is 31.2 Å². The van der Waals surface area contributed by atoms with Crippen molar-refractivity contribution in [1.29, 1.82) is 0 Å². The van der Waals surface area contributed by atoms with Gasteiger partial charge in [0.25, 0.3) is 0 Å². The quantitative estimate of drug-likeness (QED) is 0.643. The van der Waals surface area contributed by atoms with Gasteiger partial charge in [-0.1, -0.05) is 0 Å². The van der Waals surface area contributed by atoms with Gasteiger partial charge in [-0.3, -0.25) is 0 Å². The second kappa shape index (κ2) is 8.53. The molecule has 0 aromatic carbocycles. The molecule has 0 aliphatic rings. The number of aryl methyl sites for hydroxylation is 1. The zero-order valence-electron chi connectivity index (χ0n) is 13.2. The fourth-order valence-corrected chi connectivity index (χ4v) is 3.16. The van der Waals surface area contributed by atoms with Crippen molar-refractivity contribution in [2.45, 2.75) is 51.2 Å². The van der Waals surface area contributed by atoms with Crippen LogP contribution in [0.2, 0.25) is 0 Å². The minimum Gasteiger partial charge on any atom is -0.464 e. The Morgan fingerprint density at radius 2 is 2.05 bits per heavy atom. The highest BCUT2D eigenvalue weighted by Gasteiger charge is 2.20. The number of hydrogen-bond donors (Lipinski definition) is 2. The molecule has 1 heterocycles. The van der Waals surface area contributed by atoms with Crippen LogP contribution in [0, 0.1) is 6.92 Å². The normalized spacial score (nSPS) is 12.2. The Bertz CT molecular complexity index is 523. The molecule has 0 aliphatic carbocycles. The van der Waals surface area contributed by atoms with Crippen LogP contribution in [0.25, 0.3) is 0 Å². The van der Waals surface area contributed by atoms with Crippen LogP contribution in [0.3, 0.4) is 0 Å². The summed E-state index contributed by atoms with van der Waals surface area (Å²) in [6, 6.07) is 1.57. The van der Waals surface area contributed by atoms with E-state index in [2.05, 4.69) is 10.0 Å². The van der Waals surface area contributed by atoms with Gasteiger partial charge >= 0.3 is 0 Å². The minimum absolute atomic E-state index is 0.209. The summed E-state index contributed by atoms with van der Waals surface area (Å²) in [6.07, 6.45) is 1.78. The molecule has 6 nitrogen and oxygen atoms in total. The molecule has 0 bridgehead atoms. The fourth-order valence-electron chi connectivity index (χ4n) is 1.88. The van der Waals surface area contributed by atoms with Crippen molar-refractivity contribution in [2.24, 2.45) is 0 Å². The molecule has 0 saturated carbocycles.